The van der Waals surface area contributed by atoms with Crippen molar-refractivity contribution in [3.8, 4) is 0 Å². The zero-order valence-corrected chi connectivity index (χ0v) is 13.2. The number of hydrogen-bond acceptors (Lipinski definition) is 3. The van der Waals surface area contributed by atoms with Crippen molar-refractivity contribution in [2.24, 2.45) is 4.99 Å². The van der Waals surface area contributed by atoms with E-state index in [0.717, 1.165) is 24.0 Å². The first-order chi connectivity index (χ1) is 9.67. The molecule has 0 saturated carbocycles. The van der Waals surface area contributed by atoms with Gasteiger partial charge in [0.2, 0.25) is 0 Å². The fourth-order valence-electron chi connectivity index (χ4n) is 1.83. The predicted molar refractivity (Wildman–Crippen MR) is 82.9 cm³/mol. The summed E-state index contributed by atoms with van der Waals surface area (Å²) < 4.78 is 5.28. The Hall–Kier alpha value is -1.52. The first kappa shape index (κ1) is 16.5. The Morgan fingerprint density at radius 1 is 1.30 bits per heavy atom. The summed E-state index contributed by atoms with van der Waals surface area (Å²) in [5, 5.41) is 10.6. The summed E-state index contributed by atoms with van der Waals surface area (Å²) in [5.74, 6) is 2.04. The lowest BCUT2D eigenvalue weighted by Gasteiger charge is -2.10. The third-order valence-corrected chi connectivity index (χ3v) is 3.15. The van der Waals surface area contributed by atoms with E-state index in [1.54, 1.807) is 7.05 Å². The molecule has 5 nitrogen and oxygen atoms in total. The number of aromatic nitrogens is 1. The minimum atomic E-state index is 0.392. The average molecular weight is 280 g/mol. The molecule has 0 aromatic carbocycles. The van der Waals surface area contributed by atoms with Crippen LogP contribution in [0.3, 0.4) is 0 Å². The molecule has 0 unspecified atom stereocenters. The molecule has 0 atom stereocenters. The molecule has 1 aromatic heterocycles. The lowest BCUT2D eigenvalue weighted by Crippen LogP contribution is -2.37. The molecule has 0 fully saturated rings. The summed E-state index contributed by atoms with van der Waals surface area (Å²) in [7, 11) is 1.78. The summed E-state index contributed by atoms with van der Waals surface area (Å²) in [6.45, 7) is 7.98. The van der Waals surface area contributed by atoms with E-state index in [1.807, 2.05) is 6.07 Å². The molecule has 1 heterocycles. The fourth-order valence-corrected chi connectivity index (χ4v) is 1.83. The van der Waals surface area contributed by atoms with Gasteiger partial charge < -0.3 is 15.2 Å². The Bertz CT molecular complexity index is 398. The zero-order chi connectivity index (χ0) is 14.8. The maximum absolute atomic E-state index is 5.28. The smallest absolute Gasteiger partial charge is 0.191 e. The van der Waals surface area contributed by atoms with Crippen LogP contribution in [0.15, 0.2) is 15.6 Å². The van der Waals surface area contributed by atoms with E-state index in [0.29, 0.717) is 12.5 Å². The highest BCUT2D eigenvalue weighted by Gasteiger charge is 2.07. The van der Waals surface area contributed by atoms with Crippen LogP contribution in [-0.4, -0.2) is 24.7 Å². The number of guanidine groups is 1. The Labute approximate surface area is 122 Å². The fraction of sp³-hybridized carbons (Fsp3) is 0.733. The molecule has 0 spiro atoms. The van der Waals surface area contributed by atoms with Crippen LogP contribution in [0.25, 0.3) is 0 Å². The van der Waals surface area contributed by atoms with Gasteiger partial charge in [0.25, 0.3) is 0 Å². The van der Waals surface area contributed by atoms with E-state index < -0.39 is 0 Å². The van der Waals surface area contributed by atoms with Crippen molar-refractivity contribution in [2.45, 2.75) is 58.9 Å². The third kappa shape index (κ3) is 6.08. The molecule has 1 aromatic rings. The van der Waals surface area contributed by atoms with Gasteiger partial charge in [0.1, 0.15) is 0 Å². The van der Waals surface area contributed by atoms with Crippen molar-refractivity contribution in [1.82, 2.24) is 15.8 Å². The average Bonchev–Trinajstić information content (AvgIpc) is 2.91. The molecular formula is C15H28N4O. The van der Waals surface area contributed by atoms with Crippen LogP contribution in [-0.2, 0) is 6.54 Å². The van der Waals surface area contributed by atoms with Crippen LogP contribution in [0.4, 0.5) is 0 Å². The number of nitrogens with one attached hydrogen (secondary N) is 2. The second kappa shape index (κ2) is 9.39. The topological polar surface area (TPSA) is 62.5 Å². The number of rotatable bonds is 8. The highest BCUT2D eigenvalue weighted by Crippen LogP contribution is 2.13. The van der Waals surface area contributed by atoms with Gasteiger partial charge in [0.15, 0.2) is 11.7 Å². The van der Waals surface area contributed by atoms with E-state index in [-0.39, 0.29) is 0 Å². The number of aliphatic imine (C=N–C) groups is 1. The molecule has 0 amide bonds. The van der Waals surface area contributed by atoms with Crippen molar-refractivity contribution in [3.05, 3.63) is 17.5 Å². The monoisotopic (exact) mass is 280 g/mol. The molecule has 2 N–H and O–H groups in total. The van der Waals surface area contributed by atoms with E-state index in [9.17, 15) is 0 Å². The summed E-state index contributed by atoms with van der Waals surface area (Å²) in [4.78, 5) is 4.20. The Kier molecular flexibility index (Phi) is 7.77. The molecule has 0 aliphatic heterocycles. The Morgan fingerprint density at radius 2 is 2.10 bits per heavy atom. The van der Waals surface area contributed by atoms with Crippen molar-refractivity contribution < 1.29 is 4.52 Å². The minimum absolute atomic E-state index is 0.392. The molecule has 0 bridgehead atoms. The van der Waals surface area contributed by atoms with Gasteiger partial charge in [-0.25, -0.2) is 0 Å². The quantitative estimate of drug-likeness (QED) is 0.436. The summed E-state index contributed by atoms with van der Waals surface area (Å²) in [5.41, 5.74) is 0.990. The molecule has 0 radical (unpaired) electrons. The number of unbranched alkanes of at least 4 members (excludes halogenated alkanes) is 3. The van der Waals surface area contributed by atoms with Gasteiger partial charge >= 0.3 is 0 Å². The molecule has 5 heteroatoms. The SMILES string of the molecule is CCCCCCNC(=NC)NCc1cc(C(C)C)no1. The van der Waals surface area contributed by atoms with E-state index in [1.165, 1.54) is 25.7 Å². The second-order valence-electron chi connectivity index (χ2n) is 5.29. The van der Waals surface area contributed by atoms with Crippen LogP contribution < -0.4 is 10.6 Å². The van der Waals surface area contributed by atoms with E-state index in [4.69, 9.17) is 4.52 Å². The maximum atomic E-state index is 5.28. The largest absolute Gasteiger partial charge is 0.359 e. The van der Waals surface area contributed by atoms with Crippen LogP contribution >= 0.6 is 0 Å². The van der Waals surface area contributed by atoms with Crippen molar-refractivity contribution in [2.75, 3.05) is 13.6 Å². The lowest BCUT2D eigenvalue weighted by atomic mass is 10.1. The highest BCUT2D eigenvalue weighted by atomic mass is 16.5. The van der Waals surface area contributed by atoms with Crippen LogP contribution in [0.5, 0.6) is 0 Å². The minimum Gasteiger partial charge on any atom is -0.359 e. The molecule has 1 rings (SSSR count). The van der Waals surface area contributed by atoms with Crippen molar-refractivity contribution >= 4 is 5.96 Å². The normalized spacial score (nSPS) is 11.9. The van der Waals surface area contributed by atoms with Gasteiger partial charge in [-0.3, -0.25) is 4.99 Å². The van der Waals surface area contributed by atoms with Gasteiger partial charge in [-0.05, 0) is 12.3 Å². The van der Waals surface area contributed by atoms with Gasteiger partial charge in [-0.1, -0.05) is 45.2 Å². The van der Waals surface area contributed by atoms with Gasteiger partial charge in [0.05, 0.1) is 12.2 Å². The zero-order valence-electron chi connectivity index (χ0n) is 13.2. The van der Waals surface area contributed by atoms with Crippen LogP contribution in [0, 0.1) is 0 Å². The van der Waals surface area contributed by atoms with Crippen LogP contribution in [0.1, 0.15) is 63.8 Å². The summed E-state index contributed by atoms with van der Waals surface area (Å²) in [6, 6.07) is 1.99. The van der Waals surface area contributed by atoms with Crippen molar-refractivity contribution in [1.29, 1.82) is 0 Å². The first-order valence-corrected chi connectivity index (χ1v) is 7.57. The van der Waals surface area contributed by atoms with Gasteiger partial charge in [0, 0.05) is 19.7 Å². The van der Waals surface area contributed by atoms with E-state index in [2.05, 4.69) is 41.6 Å². The standard InChI is InChI=1S/C15H28N4O/c1-5-6-7-8-9-17-15(16-4)18-11-13-10-14(12(2)3)19-20-13/h10,12H,5-9,11H2,1-4H3,(H2,16,17,18). The maximum Gasteiger partial charge on any atom is 0.191 e. The second-order valence-corrected chi connectivity index (χ2v) is 5.29. The Morgan fingerprint density at radius 3 is 2.70 bits per heavy atom. The van der Waals surface area contributed by atoms with E-state index >= 15 is 0 Å². The molecule has 114 valence electrons. The lowest BCUT2D eigenvalue weighted by molar-refractivity contribution is 0.372. The summed E-state index contributed by atoms with van der Waals surface area (Å²) >= 11 is 0. The van der Waals surface area contributed by atoms with Crippen LogP contribution in [0.2, 0.25) is 0 Å². The molecule has 0 saturated heterocycles. The van der Waals surface area contributed by atoms with Gasteiger partial charge in [-0.2, -0.15) is 0 Å². The van der Waals surface area contributed by atoms with Crippen molar-refractivity contribution in [3.63, 3.8) is 0 Å². The molecule has 0 aliphatic carbocycles. The van der Waals surface area contributed by atoms with Gasteiger partial charge in [-0.15, -0.1) is 0 Å². The Balaban J connectivity index is 2.26. The first-order valence-electron chi connectivity index (χ1n) is 7.57. The molecule has 0 aliphatic rings. The third-order valence-electron chi connectivity index (χ3n) is 3.15. The highest BCUT2D eigenvalue weighted by molar-refractivity contribution is 5.79. The molecular weight excluding hydrogens is 252 g/mol. The predicted octanol–water partition coefficient (Wildman–Crippen LogP) is 3.04. The molecule has 20 heavy (non-hydrogen) atoms. The number of hydrogen-bond donors (Lipinski definition) is 2. The summed E-state index contributed by atoms with van der Waals surface area (Å²) in [6.07, 6.45) is 5.00. The number of nitrogens with zero attached hydrogens (tertiary/aromatic N) is 2.